The highest BCUT2D eigenvalue weighted by atomic mass is 32.1. The van der Waals surface area contributed by atoms with Gasteiger partial charge in [0.25, 0.3) is 0 Å². The van der Waals surface area contributed by atoms with Crippen LogP contribution in [0.25, 0.3) is 0 Å². The van der Waals surface area contributed by atoms with E-state index < -0.39 is 0 Å². The second-order valence-electron chi connectivity index (χ2n) is 4.26. The van der Waals surface area contributed by atoms with Gasteiger partial charge in [0.05, 0.1) is 6.61 Å². The van der Waals surface area contributed by atoms with Gasteiger partial charge in [-0.3, -0.25) is 14.5 Å². The van der Waals surface area contributed by atoms with Crippen LogP contribution < -0.4 is 5.32 Å². The van der Waals surface area contributed by atoms with Crippen LogP contribution in [-0.4, -0.2) is 53.3 Å². The summed E-state index contributed by atoms with van der Waals surface area (Å²) in [6.07, 6.45) is 2.77. The number of hydrogen-bond donors (Lipinski definition) is 3. The van der Waals surface area contributed by atoms with Crippen molar-refractivity contribution < 1.29 is 14.7 Å². The van der Waals surface area contributed by atoms with Gasteiger partial charge in [0.1, 0.15) is 0 Å². The van der Waals surface area contributed by atoms with Crippen LogP contribution in [0.5, 0.6) is 0 Å². The summed E-state index contributed by atoms with van der Waals surface area (Å²) in [5, 5.41) is 11.6. The summed E-state index contributed by atoms with van der Waals surface area (Å²) >= 11 is 3.62. The number of hydrogen-bond acceptors (Lipinski definition) is 4. The van der Waals surface area contributed by atoms with Crippen LogP contribution in [0, 0.1) is 0 Å². The van der Waals surface area contributed by atoms with Gasteiger partial charge < -0.3 is 10.4 Å². The molecule has 1 atom stereocenters. The molecule has 2 N–H and O–H groups in total. The first-order valence-electron chi connectivity index (χ1n) is 5.97. The lowest BCUT2D eigenvalue weighted by Crippen LogP contribution is -2.36. The van der Waals surface area contributed by atoms with Crippen molar-refractivity contribution in [3.05, 3.63) is 0 Å². The number of thiol groups is 1. The lowest BCUT2D eigenvalue weighted by atomic mass is 10.2. The van der Waals surface area contributed by atoms with Crippen LogP contribution in [0.4, 0.5) is 0 Å². The zero-order valence-electron chi connectivity index (χ0n) is 9.89. The molecule has 6 heteroatoms. The maximum Gasteiger partial charge on any atom is 0.221 e. The number of nitrogens with zero attached hydrogens (tertiary/aromatic N) is 1. The Morgan fingerprint density at radius 2 is 2.18 bits per heavy atom. The molecule has 98 valence electrons. The monoisotopic (exact) mass is 260 g/mol. The van der Waals surface area contributed by atoms with E-state index in [9.17, 15) is 9.59 Å². The number of rotatable bonds is 7. The first-order chi connectivity index (χ1) is 8.13. The Bertz CT molecular complexity index is 273. The van der Waals surface area contributed by atoms with Crippen molar-refractivity contribution in [2.24, 2.45) is 0 Å². The van der Waals surface area contributed by atoms with E-state index in [1.54, 1.807) is 0 Å². The first-order valence-corrected chi connectivity index (χ1v) is 6.41. The minimum absolute atomic E-state index is 0.0526. The molecule has 0 aromatic rings. The highest BCUT2D eigenvalue weighted by Crippen LogP contribution is 2.16. The molecule has 1 aliphatic heterocycles. The van der Waals surface area contributed by atoms with Gasteiger partial charge in [0.2, 0.25) is 5.91 Å². The van der Waals surface area contributed by atoms with Crippen LogP contribution in [0.2, 0.25) is 0 Å². The number of carbonyl (C=O) groups is 2. The van der Waals surface area contributed by atoms with Gasteiger partial charge in [-0.15, -0.1) is 12.6 Å². The van der Waals surface area contributed by atoms with E-state index in [1.807, 2.05) is 0 Å². The number of likely N-dealkylation sites (tertiary alicyclic amines) is 1. The molecule has 0 spiro atoms. The minimum Gasteiger partial charge on any atom is -0.395 e. The molecule has 1 saturated heterocycles. The van der Waals surface area contributed by atoms with Crippen LogP contribution in [-0.2, 0) is 9.59 Å². The summed E-state index contributed by atoms with van der Waals surface area (Å²) in [7, 11) is 0. The highest BCUT2D eigenvalue weighted by Gasteiger charge is 2.23. The third-order valence-electron chi connectivity index (χ3n) is 3.00. The van der Waals surface area contributed by atoms with Crippen molar-refractivity contribution in [3.8, 4) is 0 Å². The standard InChI is InChI=1S/C11H20N2O3S/c14-8-9-2-1-6-13(9)7-4-10(15)12-5-3-11(16)17/h9,14H,1-8H2,(H,12,15)(H,16,17)/t9-/m0/s1. The van der Waals surface area contributed by atoms with Crippen molar-refractivity contribution in [3.63, 3.8) is 0 Å². The summed E-state index contributed by atoms with van der Waals surface area (Å²) < 4.78 is 0. The molecule has 17 heavy (non-hydrogen) atoms. The topological polar surface area (TPSA) is 69.6 Å². The normalized spacial score (nSPS) is 20.5. The third kappa shape index (κ3) is 5.52. The number of nitrogens with one attached hydrogen (secondary N) is 1. The molecule has 1 rings (SSSR count). The number of aliphatic hydroxyl groups excluding tert-OH is 1. The molecule has 1 heterocycles. The fourth-order valence-corrected chi connectivity index (χ4v) is 2.15. The van der Waals surface area contributed by atoms with Gasteiger partial charge in [0, 0.05) is 32.0 Å². The second kappa shape index (κ2) is 7.68. The Hall–Kier alpha value is -0.590. The molecule has 0 aliphatic carbocycles. The third-order valence-corrected chi connectivity index (χ3v) is 3.22. The average Bonchev–Trinajstić information content (AvgIpc) is 2.73. The molecule has 0 bridgehead atoms. The summed E-state index contributed by atoms with van der Waals surface area (Å²) in [6, 6.07) is 0.210. The summed E-state index contributed by atoms with van der Waals surface area (Å²) in [6.45, 7) is 2.14. The van der Waals surface area contributed by atoms with Gasteiger partial charge in [-0.25, -0.2) is 0 Å². The molecular formula is C11H20N2O3S. The minimum atomic E-state index is -0.217. The van der Waals surface area contributed by atoms with Gasteiger partial charge in [-0.1, -0.05) is 0 Å². The van der Waals surface area contributed by atoms with Crippen molar-refractivity contribution in [1.29, 1.82) is 0 Å². The first kappa shape index (κ1) is 14.5. The quantitative estimate of drug-likeness (QED) is 0.554. The van der Waals surface area contributed by atoms with E-state index in [0.29, 0.717) is 19.5 Å². The second-order valence-corrected chi connectivity index (χ2v) is 4.76. The molecule has 0 aromatic carbocycles. The number of amides is 1. The predicted octanol–water partition coefficient (Wildman–Crippen LogP) is -0.204. The predicted molar refractivity (Wildman–Crippen MR) is 67.9 cm³/mol. The van der Waals surface area contributed by atoms with E-state index in [1.165, 1.54) is 0 Å². The van der Waals surface area contributed by atoms with E-state index in [-0.39, 0.29) is 30.1 Å². The van der Waals surface area contributed by atoms with E-state index in [0.717, 1.165) is 19.4 Å². The fraction of sp³-hybridized carbons (Fsp3) is 0.818. The molecule has 5 nitrogen and oxygen atoms in total. The van der Waals surface area contributed by atoms with Crippen molar-refractivity contribution in [1.82, 2.24) is 10.2 Å². The van der Waals surface area contributed by atoms with E-state index in [4.69, 9.17) is 5.11 Å². The molecule has 0 radical (unpaired) electrons. The Morgan fingerprint density at radius 3 is 2.82 bits per heavy atom. The molecule has 0 unspecified atom stereocenters. The van der Waals surface area contributed by atoms with Crippen molar-refractivity contribution in [2.45, 2.75) is 31.7 Å². The molecule has 1 fully saturated rings. The van der Waals surface area contributed by atoms with Gasteiger partial charge in [-0.05, 0) is 19.4 Å². The number of carbonyl (C=O) groups excluding carboxylic acids is 2. The van der Waals surface area contributed by atoms with Gasteiger partial charge in [-0.2, -0.15) is 0 Å². The van der Waals surface area contributed by atoms with Gasteiger partial charge >= 0.3 is 0 Å². The largest absolute Gasteiger partial charge is 0.395 e. The van der Waals surface area contributed by atoms with E-state index in [2.05, 4.69) is 22.8 Å². The van der Waals surface area contributed by atoms with E-state index >= 15 is 0 Å². The zero-order valence-corrected chi connectivity index (χ0v) is 10.8. The smallest absolute Gasteiger partial charge is 0.221 e. The van der Waals surface area contributed by atoms with Gasteiger partial charge in [0.15, 0.2) is 5.12 Å². The summed E-state index contributed by atoms with van der Waals surface area (Å²) in [5.74, 6) is -0.0526. The van der Waals surface area contributed by atoms with Crippen LogP contribution in [0.3, 0.4) is 0 Å². The van der Waals surface area contributed by atoms with Crippen LogP contribution in [0.1, 0.15) is 25.7 Å². The van der Waals surface area contributed by atoms with Crippen LogP contribution in [0.15, 0.2) is 0 Å². The Labute approximate surface area is 107 Å². The highest BCUT2D eigenvalue weighted by molar-refractivity contribution is 7.96. The Kier molecular flexibility index (Phi) is 6.54. The SMILES string of the molecule is O=C(S)CCNC(=O)CCN1CCC[C@H]1CO. The lowest BCUT2D eigenvalue weighted by molar-refractivity contribution is -0.121. The zero-order chi connectivity index (χ0) is 12.7. The van der Waals surface area contributed by atoms with Crippen LogP contribution >= 0.6 is 12.6 Å². The fourth-order valence-electron chi connectivity index (χ4n) is 2.04. The molecule has 0 saturated carbocycles. The molecular weight excluding hydrogens is 240 g/mol. The Morgan fingerprint density at radius 1 is 1.41 bits per heavy atom. The Balaban J connectivity index is 2.12. The molecule has 0 aromatic heterocycles. The lowest BCUT2D eigenvalue weighted by Gasteiger charge is -2.22. The molecule has 1 aliphatic rings. The van der Waals surface area contributed by atoms with Crippen molar-refractivity contribution >= 4 is 23.7 Å². The maximum atomic E-state index is 11.4. The number of aliphatic hydroxyl groups is 1. The molecule has 1 amide bonds. The average molecular weight is 260 g/mol. The summed E-state index contributed by atoms with van der Waals surface area (Å²) in [4.78, 5) is 24.1. The summed E-state index contributed by atoms with van der Waals surface area (Å²) in [5.41, 5.74) is 0. The van der Waals surface area contributed by atoms with Crippen molar-refractivity contribution in [2.75, 3.05) is 26.2 Å². The maximum absolute atomic E-state index is 11.4.